The summed E-state index contributed by atoms with van der Waals surface area (Å²) >= 11 is 0. The fourth-order valence-electron chi connectivity index (χ4n) is 0.680. The van der Waals surface area contributed by atoms with Crippen LogP contribution in [0.15, 0.2) is 11.6 Å². The first-order valence-corrected chi connectivity index (χ1v) is 5.11. The van der Waals surface area contributed by atoms with Crippen molar-refractivity contribution in [3.63, 3.8) is 0 Å². The zero-order chi connectivity index (χ0) is 9.78. The first kappa shape index (κ1) is 11.8. The second-order valence-electron chi connectivity index (χ2n) is 2.56. The quantitative estimate of drug-likeness (QED) is 0.547. The summed E-state index contributed by atoms with van der Waals surface area (Å²) in [6, 6.07) is 0. The molecule has 0 unspecified atom stereocenters. The van der Waals surface area contributed by atoms with Crippen LogP contribution in [0.2, 0.25) is 0 Å². The second-order valence-corrected chi connectivity index (χ2v) is 4.90. The molecule has 0 rings (SSSR count). The SMILES string of the molecule is COP(=O)(OC)[C@H](O)C=C(C)C. The summed E-state index contributed by atoms with van der Waals surface area (Å²) in [4.78, 5) is 0. The molecule has 0 aromatic rings. The van der Waals surface area contributed by atoms with E-state index < -0.39 is 13.4 Å². The molecule has 72 valence electrons. The smallest absolute Gasteiger partial charge is 0.362 e. The number of hydrogen-bond acceptors (Lipinski definition) is 4. The van der Waals surface area contributed by atoms with Gasteiger partial charge in [-0.05, 0) is 19.9 Å². The first-order chi connectivity index (χ1) is 5.46. The van der Waals surface area contributed by atoms with E-state index in [-0.39, 0.29) is 0 Å². The minimum Gasteiger partial charge on any atom is -0.377 e. The van der Waals surface area contributed by atoms with E-state index in [1.807, 2.05) is 0 Å². The Morgan fingerprint density at radius 2 is 1.83 bits per heavy atom. The van der Waals surface area contributed by atoms with Crippen molar-refractivity contribution in [3.05, 3.63) is 11.6 Å². The Morgan fingerprint density at radius 1 is 1.42 bits per heavy atom. The van der Waals surface area contributed by atoms with Gasteiger partial charge in [0.15, 0.2) is 5.85 Å². The van der Waals surface area contributed by atoms with E-state index in [4.69, 9.17) is 0 Å². The molecule has 0 saturated heterocycles. The molecule has 0 bridgehead atoms. The minimum absolute atomic E-state index is 0.858. The monoisotopic (exact) mass is 194 g/mol. The van der Waals surface area contributed by atoms with E-state index in [2.05, 4.69) is 9.05 Å². The summed E-state index contributed by atoms with van der Waals surface area (Å²) < 4.78 is 20.6. The molecule has 0 aromatic carbocycles. The lowest BCUT2D eigenvalue weighted by atomic mass is 10.3. The van der Waals surface area contributed by atoms with Crippen molar-refractivity contribution in [1.29, 1.82) is 0 Å². The highest BCUT2D eigenvalue weighted by atomic mass is 31.2. The Kier molecular flexibility index (Phi) is 4.71. The summed E-state index contributed by atoms with van der Waals surface area (Å²) in [6.45, 7) is 3.58. The van der Waals surface area contributed by atoms with Gasteiger partial charge in [-0.15, -0.1) is 0 Å². The van der Waals surface area contributed by atoms with Gasteiger partial charge in [0.25, 0.3) is 0 Å². The van der Waals surface area contributed by atoms with Crippen LogP contribution in [0.5, 0.6) is 0 Å². The third-order valence-corrected chi connectivity index (χ3v) is 3.13. The molecule has 0 aliphatic heterocycles. The maximum absolute atomic E-state index is 11.4. The molecule has 4 nitrogen and oxygen atoms in total. The van der Waals surface area contributed by atoms with Crippen LogP contribution >= 0.6 is 7.60 Å². The van der Waals surface area contributed by atoms with Crippen LogP contribution in [0.3, 0.4) is 0 Å². The van der Waals surface area contributed by atoms with Crippen molar-refractivity contribution in [2.45, 2.75) is 19.7 Å². The average molecular weight is 194 g/mol. The van der Waals surface area contributed by atoms with Gasteiger partial charge in [0.05, 0.1) is 0 Å². The zero-order valence-electron chi connectivity index (χ0n) is 7.77. The number of aliphatic hydroxyl groups excluding tert-OH is 1. The predicted octanol–water partition coefficient (Wildman–Crippen LogP) is 1.76. The van der Waals surface area contributed by atoms with Gasteiger partial charge in [0.1, 0.15) is 0 Å². The molecule has 5 heteroatoms. The molecule has 12 heavy (non-hydrogen) atoms. The van der Waals surface area contributed by atoms with Crippen molar-refractivity contribution >= 4 is 7.60 Å². The van der Waals surface area contributed by atoms with Crippen molar-refractivity contribution in [2.24, 2.45) is 0 Å². The summed E-state index contributed by atoms with van der Waals surface area (Å²) in [6.07, 6.45) is 1.44. The molecule has 1 atom stereocenters. The van der Waals surface area contributed by atoms with E-state index in [0.717, 1.165) is 5.57 Å². The molecular formula is C7H15O4P. The normalized spacial score (nSPS) is 14.1. The van der Waals surface area contributed by atoms with Crippen LogP contribution in [-0.2, 0) is 13.6 Å². The van der Waals surface area contributed by atoms with Gasteiger partial charge >= 0.3 is 7.60 Å². The fourth-order valence-corrected chi connectivity index (χ4v) is 1.74. The minimum atomic E-state index is -3.35. The lowest BCUT2D eigenvalue weighted by Crippen LogP contribution is -2.07. The molecule has 0 amide bonds. The van der Waals surface area contributed by atoms with E-state index in [1.54, 1.807) is 13.8 Å². The van der Waals surface area contributed by atoms with Gasteiger partial charge in [-0.25, -0.2) is 0 Å². The molecule has 0 saturated carbocycles. The summed E-state index contributed by atoms with van der Waals surface area (Å²) in [7, 11) is -0.862. The second kappa shape index (κ2) is 4.77. The molecule has 0 fully saturated rings. The zero-order valence-corrected chi connectivity index (χ0v) is 8.67. The Labute approximate surface area is 72.7 Å². The topological polar surface area (TPSA) is 55.8 Å². The number of hydrogen-bond donors (Lipinski definition) is 1. The van der Waals surface area contributed by atoms with Crippen molar-refractivity contribution in [3.8, 4) is 0 Å². The van der Waals surface area contributed by atoms with Gasteiger partial charge in [-0.2, -0.15) is 0 Å². The average Bonchev–Trinajstić information content (AvgIpc) is 2.02. The van der Waals surface area contributed by atoms with Gasteiger partial charge in [-0.3, -0.25) is 4.57 Å². The lowest BCUT2D eigenvalue weighted by molar-refractivity contribution is 0.200. The molecule has 1 N–H and O–H groups in total. The summed E-state index contributed by atoms with van der Waals surface area (Å²) in [5.41, 5.74) is 0.858. The standard InChI is InChI=1S/C7H15O4P/c1-6(2)5-7(8)12(9,10-3)11-4/h5,7-8H,1-4H3/t7-/m0/s1. The predicted molar refractivity (Wildman–Crippen MR) is 47.1 cm³/mol. The molecule has 0 radical (unpaired) electrons. The number of allylic oxidation sites excluding steroid dienone is 1. The summed E-state index contributed by atoms with van der Waals surface area (Å²) in [5.74, 6) is -1.18. The Bertz CT molecular complexity index is 199. The Hall–Kier alpha value is -0.150. The Morgan fingerprint density at radius 3 is 2.08 bits per heavy atom. The highest BCUT2D eigenvalue weighted by Gasteiger charge is 2.30. The number of rotatable bonds is 4. The van der Waals surface area contributed by atoms with E-state index >= 15 is 0 Å². The van der Waals surface area contributed by atoms with Gasteiger partial charge < -0.3 is 14.2 Å². The van der Waals surface area contributed by atoms with Crippen LogP contribution in [-0.4, -0.2) is 25.2 Å². The molecule has 0 spiro atoms. The van der Waals surface area contributed by atoms with Crippen LogP contribution in [0.1, 0.15) is 13.8 Å². The molecular weight excluding hydrogens is 179 g/mol. The lowest BCUT2D eigenvalue weighted by Gasteiger charge is -2.17. The van der Waals surface area contributed by atoms with Crippen molar-refractivity contribution in [1.82, 2.24) is 0 Å². The molecule has 0 heterocycles. The molecule has 0 aliphatic carbocycles. The van der Waals surface area contributed by atoms with Gasteiger partial charge in [0.2, 0.25) is 0 Å². The van der Waals surface area contributed by atoms with Crippen LogP contribution in [0.4, 0.5) is 0 Å². The third-order valence-electron chi connectivity index (χ3n) is 1.32. The maximum atomic E-state index is 11.4. The van der Waals surface area contributed by atoms with Gasteiger partial charge in [-0.1, -0.05) is 5.57 Å². The van der Waals surface area contributed by atoms with Crippen LogP contribution < -0.4 is 0 Å². The van der Waals surface area contributed by atoms with E-state index in [9.17, 15) is 9.67 Å². The number of aliphatic hydroxyl groups is 1. The largest absolute Gasteiger partial charge is 0.377 e. The van der Waals surface area contributed by atoms with Crippen molar-refractivity contribution < 1.29 is 18.7 Å². The van der Waals surface area contributed by atoms with Crippen molar-refractivity contribution in [2.75, 3.05) is 14.2 Å². The fraction of sp³-hybridized carbons (Fsp3) is 0.714. The maximum Gasteiger partial charge on any atom is 0.362 e. The van der Waals surface area contributed by atoms with E-state index in [1.165, 1.54) is 20.3 Å². The molecule has 0 aliphatic rings. The highest BCUT2D eigenvalue weighted by Crippen LogP contribution is 2.51. The Balaban J connectivity index is 4.54. The van der Waals surface area contributed by atoms with Crippen LogP contribution in [0, 0.1) is 0 Å². The first-order valence-electron chi connectivity index (χ1n) is 3.50. The van der Waals surface area contributed by atoms with Gasteiger partial charge in [0, 0.05) is 14.2 Å². The highest BCUT2D eigenvalue weighted by molar-refractivity contribution is 7.54. The van der Waals surface area contributed by atoms with Crippen LogP contribution in [0.25, 0.3) is 0 Å². The summed E-state index contributed by atoms with van der Waals surface area (Å²) in [5, 5.41) is 9.35. The molecule has 0 aromatic heterocycles. The van der Waals surface area contributed by atoms with E-state index in [0.29, 0.717) is 0 Å². The third kappa shape index (κ3) is 3.07.